The van der Waals surface area contributed by atoms with Gasteiger partial charge in [-0.1, -0.05) is 28.1 Å². The lowest BCUT2D eigenvalue weighted by Gasteiger charge is -2.21. The number of carbonyl (C=O) groups is 1. The number of nitrogens with zero attached hydrogens (tertiary/aromatic N) is 2. The predicted molar refractivity (Wildman–Crippen MR) is 104 cm³/mol. The van der Waals surface area contributed by atoms with Gasteiger partial charge in [0.1, 0.15) is 0 Å². The molecule has 1 fully saturated rings. The third-order valence-electron chi connectivity index (χ3n) is 4.73. The molecule has 0 saturated carbocycles. The summed E-state index contributed by atoms with van der Waals surface area (Å²) in [6.45, 7) is 1.22. The number of carbonyl (C=O) groups excluding carboxylic acids is 1. The highest BCUT2D eigenvalue weighted by atomic mass is 79.9. The zero-order chi connectivity index (χ0) is 18.1. The van der Waals surface area contributed by atoms with Gasteiger partial charge in [0.05, 0.1) is 11.7 Å². The molecule has 1 amide bonds. The van der Waals surface area contributed by atoms with Crippen LogP contribution in [0, 0.1) is 0 Å². The van der Waals surface area contributed by atoms with Gasteiger partial charge >= 0.3 is 0 Å². The maximum atomic E-state index is 12.6. The van der Waals surface area contributed by atoms with Crippen molar-refractivity contribution in [3.8, 4) is 0 Å². The number of rotatable bonds is 4. The molecule has 26 heavy (non-hydrogen) atoms. The van der Waals surface area contributed by atoms with Crippen molar-refractivity contribution in [1.29, 1.82) is 0 Å². The molecule has 1 aromatic heterocycles. The van der Waals surface area contributed by atoms with Crippen LogP contribution < -0.4 is 5.32 Å². The number of aliphatic hydroxyl groups excluding tert-OH is 1. The number of aliphatic hydroxyl groups is 1. The number of hydrogen-bond donors (Lipinski definition) is 3. The lowest BCUT2D eigenvalue weighted by molar-refractivity contribution is -0.139. The molecule has 4 rings (SSSR count). The fourth-order valence-electron chi connectivity index (χ4n) is 3.31. The van der Waals surface area contributed by atoms with Crippen molar-refractivity contribution in [2.24, 2.45) is 0 Å². The second-order valence-corrected chi connectivity index (χ2v) is 7.46. The molecule has 0 bridgehead atoms. The smallest absolute Gasteiger partial charge is 0.256 e. The first-order valence-corrected chi connectivity index (χ1v) is 9.31. The van der Waals surface area contributed by atoms with Crippen LogP contribution in [0.3, 0.4) is 0 Å². The van der Waals surface area contributed by atoms with E-state index in [1.54, 1.807) is 23.2 Å². The van der Waals surface area contributed by atoms with Crippen molar-refractivity contribution >= 4 is 38.4 Å². The summed E-state index contributed by atoms with van der Waals surface area (Å²) < 4.78 is 0.918. The summed E-state index contributed by atoms with van der Waals surface area (Å²) in [7, 11) is 0. The highest BCUT2D eigenvalue weighted by molar-refractivity contribution is 9.10. The molecule has 1 aliphatic heterocycles. The van der Waals surface area contributed by atoms with Crippen LogP contribution in [0.4, 0.5) is 5.69 Å². The fourth-order valence-corrected chi connectivity index (χ4v) is 3.57. The van der Waals surface area contributed by atoms with E-state index in [-0.39, 0.29) is 11.9 Å². The molecule has 3 N–H and O–H groups in total. The minimum atomic E-state index is -1.12. The average Bonchev–Trinajstić information content (AvgIpc) is 3.30. The van der Waals surface area contributed by atoms with Gasteiger partial charge in [0.25, 0.3) is 5.91 Å². The van der Waals surface area contributed by atoms with Gasteiger partial charge in [0.2, 0.25) is 0 Å². The van der Waals surface area contributed by atoms with Gasteiger partial charge in [-0.3, -0.25) is 9.89 Å². The summed E-state index contributed by atoms with van der Waals surface area (Å²) in [5.74, 6) is -0.248. The first kappa shape index (κ1) is 17.1. The van der Waals surface area contributed by atoms with Crippen LogP contribution in [-0.2, 0) is 4.79 Å². The highest BCUT2D eigenvalue weighted by Gasteiger charge is 2.30. The van der Waals surface area contributed by atoms with Crippen molar-refractivity contribution in [2.45, 2.75) is 18.6 Å². The first-order chi connectivity index (χ1) is 12.6. The Bertz CT molecular complexity index is 925. The van der Waals surface area contributed by atoms with Crippen LogP contribution in [0.2, 0.25) is 0 Å². The number of amides is 1. The Labute approximate surface area is 159 Å². The summed E-state index contributed by atoms with van der Waals surface area (Å²) in [5.41, 5.74) is 2.61. The topological polar surface area (TPSA) is 81.2 Å². The zero-order valence-corrected chi connectivity index (χ0v) is 15.6. The molecule has 0 spiro atoms. The number of likely N-dealkylation sites (tertiary alicyclic amines) is 1. The Morgan fingerprint density at radius 2 is 2.12 bits per heavy atom. The maximum absolute atomic E-state index is 12.6. The van der Waals surface area contributed by atoms with Gasteiger partial charge < -0.3 is 15.3 Å². The number of aromatic amines is 1. The van der Waals surface area contributed by atoms with Gasteiger partial charge in [-0.2, -0.15) is 5.10 Å². The molecular formula is C19H19BrN4O2. The van der Waals surface area contributed by atoms with Crippen LogP contribution in [0.5, 0.6) is 0 Å². The Morgan fingerprint density at radius 3 is 2.92 bits per heavy atom. The second kappa shape index (κ2) is 7.09. The van der Waals surface area contributed by atoms with Crippen molar-refractivity contribution in [3.63, 3.8) is 0 Å². The Hall–Kier alpha value is -2.38. The Balaban J connectivity index is 1.39. The van der Waals surface area contributed by atoms with Crippen molar-refractivity contribution < 1.29 is 9.90 Å². The van der Waals surface area contributed by atoms with Crippen molar-refractivity contribution in [2.75, 3.05) is 18.4 Å². The summed E-state index contributed by atoms with van der Waals surface area (Å²) in [5, 5.41) is 21.9. The second-order valence-electron chi connectivity index (χ2n) is 6.54. The highest BCUT2D eigenvalue weighted by Crippen LogP contribution is 2.24. The van der Waals surface area contributed by atoms with Crippen molar-refractivity contribution in [1.82, 2.24) is 15.1 Å². The molecule has 134 valence electrons. The van der Waals surface area contributed by atoms with E-state index in [9.17, 15) is 9.90 Å². The quantitative estimate of drug-likeness (QED) is 0.612. The minimum Gasteiger partial charge on any atom is -0.380 e. The Morgan fingerprint density at radius 1 is 1.31 bits per heavy atom. The summed E-state index contributed by atoms with van der Waals surface area (Å²) >= 11 is 3.36. The van der Waals surface area contributed by atoms with E-state index in [1.165, 1.54) is 0 Å². The molecule has 0 radical (unpaired) electrons. The van der Waals surface area contributed by atoms with Crippen molar-refractivity contribution in [3.05, 3.63) is 58.7 Å². The number of halogens is 1. The SMILES string of the molecule is O=C(C(O)c1ccc(Br)cc1)N1CCC(Nc2ccc3[nH]ncc3c2)C1. The van der Waals surface area contributed by atoms with E-state index in [0.29, 0.717) is 18.7 Å². The lowest BCUT2D eigenvalue weighted by atomic mass is 10.1. The molecule has 2 aromatic carbocycles. The standard InChI is InChI=1S/C19H19BrN4O2/c20-14-3-1-12(2-4-14)18(25)19(26)24-8-7-16(11-24)22-15-5-6-17-13(9-15)10-21-23-17/h1-6,9-10,16,18,22,25H,7-8,11H2,(H,21,23). The molecule has 2 unspecified atom stereocenters. The van der Waals surface area contributed by atoms with E-state index in [1.807, 2.05) is 30.3 Å². The number of nitrogens with one attached hydrogen (secondary N) is 2. The molecule has 1 aliphatic rings. The largest absolute Gasteiger partial charge is 0.380 e. The zero-order valence-electron chi connectivity index (χ0n) is 14.0. The van der Waals surface area contributed by atoms with Crippen LogP contribution >= 0.6 is 15.9 Å². The molecular weight excluding hydrogens is 396 g/mol. The normalized spacial score (nSPS) is 18.2. The molecule has 0 aliphatic carbocycles. The molecule has 2 heterocycles. The monoisotopic (exact) mass is 414 g/mol. The van der Waals surface area contributed by atoms with Crippen LogP contribution in [0.1, 0.15) is 18.1 Å². The van der Waals surface area contributed by atoms with E-state index < -0.39 is 6.10 Å². The number of hydrogen-bond acceptors (Lipinski definition) is 4. The molecule has 3 aromatic rings. The summed E-state index contributed by atoms with van der Waals surface area (Å²) in [4.78, 5) is 14.3. The number of anilines is 1. The average molecular weight is 415 g/mol. The third-order valence-corrected chi connectivity index (χ3v) is 5.26. The van der Waals surface area contributed by atoms with Crippen LogP contribution in [0.25, 0.3) is 10.9 Å². The number of H-pyrrole nitrogens is 1. The molecule has 7 heteroatoms. The number of benzene rings is 2. The third kappa shape index (κ3) is 3.45. The lowest BCUT2D eigenvalue weighted by Crippen LogP contribution is -2.35. The Kier molecular flexibility index (Phi) is 4.65. The predicted octanol–water partition coefficient (Wildman–Crippen LogP) is 3.07. The molecule has 2 atom stereocenters. The van der Waals surface area contributed by atoms with Gasteiger partial charge in [-0.25, -0.2) is 0 Å². The van der Waals surface area contributed by atoms with Gasteiger partial charge in [-0.05, 0) is 42.3 Å². The minimum absolute atomic E-state index is 0.167. The van der Waals surface area contributed by atoms with Crippen LogP contribution in [-0.4, -0.2) is 45.2 Å². The van der Waals surface area contributed by atoms with Gasteiger partial charge in [0, 0.05) is 34.7 Å². The van der Waals surface area contributed by atoms with E-state index in [0.717, 1.165) is 27.5 Å². The number of aromatic nitrogens is 2. The molecule has 1 saturated heterocycles. The van der Waals surface area contributed by atoms with Gasteiger partial charge in [0.15, 0.2) is 6.10 Å². The molecule has 6 nitrogen and oxygen atoms in total. The fraction of sp³-hybridized carbons (Fsp3) is 0.263. The first-order valence-electron chi connectivity index (χ1n) is 8.52. The van der Waals surface area contributed by atoms with E-state index in [2.05, 4.69) is 31.4 Å². The number of fused-ring (bicyclic) bond motifs is 1. The van der Waals surface area contributed by atoms with E-state index in [4.69, 9.17) is 0 Å². The van der Waals surface area contributed by atoms with Gasteiger partial charge in [-0.15, -0.1) is 0 Å². The van der Waals surface area contributed by atoms with E-state index >= 15 is 0 Å². The maximum Gasteiger partial charge on any atom is 0.256 e. The summed E-state index contributed by atoms with van der Waals surface area (Å²) in [6, 6.07) is 13.4. The summed E-state index contributed by atoms with van der Waals surface area (Å²) in [6.07, 6.45) is 1.52. The van der Waals surface area contributed by atoms with Crippen LogP contribution in [0.15, 0.2) is 53.1 Å².